The fourth-order valence-electron chi connectivity index (χ4n) is 3.39. The Bertz CT molecular complexity index is 838. The van der Waals surface area contributed by atoms with E-state index in [-0.39, 0.29) is 22.5 Å². The Hall–Kier alpha value is -2.34. The summed E-state index contributed by atoms with van der Waals surface area (Å²) in [6.45, 7) is 3.81. The zero-order valence-electron chi connectivity index (χ0n) is 15.5. The lowest BCUT2D eigenvalue weighted by Gasteiger charge is -2.35. The molecule has 1 saturated heterocycles. The van der Waals surface area contributed by atoms with Crippen LogP contribution >= 0.6 is 11.6 Å². The third-order valence-corrected chi connectivity index (χ3v) is 5.10. The van der Waals surface area contributed by atoms with Crippen molar-refractivity contribution < 1.29 is 4.79 Å². The van der Waals surface area contributed by atoms with E-state index in [2.05, 4.69) is 10.4 Å². The Labute approximate surface area is 164 Å². The summed E-state index contributed by atoms with van der Waals surface area (Å²) in [5, 5.41) is 7.57. The molecule has 1 aliphatic rings. The monoisotopic (exact) mass is 388 g/mol. The second-order valence-corrected chi connectivity index (χ2v) is 7.27. The standard InChI is InChI=1S/C20H25ClN4O2/c1-2-7-18(26)23-16-10-6-11-24(14-16)17-12-22-25(20(27)19(17)21)13-15-8-4-3-5-9-15/h3-5,8-9,12,16H,2,6-7,10-11,13-14H2,1H3,(H,23,26). The van der Waals surface area contributed by atoms with E-state index < -0.39 is 0 Å². The number of nitrogens with one attached hydrogen (secondary N) is 1. The molecule has 3 rings (SSSR count). The molecule has 27 heavy (non-hydrogen) atoms. The van der Waals surface area contributed by atoms with Crippen molar-refractivity contribution in [1.82, 2.24) is 15.1 Å². The topological polar surface area (TPSA) is 67.2 Å². The average Bonchev–Trinajstić information content (AvgIpc) is 2.67. The van der Waals surface area contributed by atoms with Crippen molar-refractivity contribution in [1.29, 1.82) is 0 Å². The van der Waals surface area contributed by atoms with Crippen LogP contribution in [-0.4, -0.2) is 34.8 Å². The number of rotatable bonds is 6. The first kappa shape index (κ1) is 19.4. The van der Waals surface area contributed by atoms with Crippen LogP contribution in [-0.2, 0) is 11.3 Å². The van der Waals surface area contributed by atoms with Crippen LogP contribution in [0.15, 0.2) is 41.3 Å². The fourth-order valence-corrected chi connectivity index (χ4v) is 3.65. The maximum atomic E-state index is 12.7. The molecule has 1 fully saturated rings. The van der Waals surface area contributed by atoms with Gasteiger partial charge in [0.25, 0.3) is 5.56 Å². The smallest absolute Gasteiger partial charge is 0.287 e. The normalized spacial score (nSPS) is 17.0. The highest BCUT2D eigenvalue weighted by atomic mass is 35.5. The lowest BCUT2D eigenvalue weighted by atomic mass is 10.0. The summed E-state index contributed by atoms with van der Waals surface area (Å²) in [5.74, 6) is 0.0758. The third kappa shape index (κ3) is 4.89. The molecule has 6 nitrogen and oxygen atoms in total. The highest BCUT2D eigenvalue weighted by molar-refractivity contribution is 6.33. The van der Waals surface area contributed by atoms with Crippen molar-refractivity contribution in [3.63, 3.8) is 0 Å². The molecule has 0 radical (unpaired) electrons. The van der Waals surface area contributed by atoms with Crippen molar-refractivity contribution >= 4 is 23.2 Å². The molecule has 1 aliphatic heterocycles. The van der Waals surface area contributed by atoms with Gasteiger partial charge in [0.15, 0.2) is 0 Å². The van der Waals surface area contributed by atoms with Crippen LogP contribution in [0.4, 0.5) is 5.69 Å². The molecule has 2 heterocycles. The number of carbonyl (C=O) groups is 1. The number of amides is 1. The van der Waals surface area contributed by atoms with Crippen molar-refractivity contribution in [2.75, 3.05) is 18.0 Å². The van der Waals surface area contributed by atoms with E-state index in [0.717, 1.165) is 31.4 Å². The number of benzene rings is 1. The summed E-state index contributed by atoms with van der Waals surface area (Å²) in [6.07, 6.45) is 4.89. The van der Waals surface area contributed by atoms with Gasteiger partial charge >= 0.3 is 0 Å². The van der Waals surface area contributed by atoms with Gasteiger partial charge in [0.05, 0.1) is 18.4 Å². The fraction of sp³-hybridized carbons (Fsp3) is 0.450. The van der Waals surface area contributed by atoms with Gasteiger partial charge in [0.1, 0.15) is 5.02 Å². The van der Waals surface area contributed by atoms with Gasteiger partial charge in [-0.15, -0.1) is 0 Å². The lowest BCUT2D eigenvalue weighted by molar-refractivity contribution is -0.121. The molecule has 144 valence electrons. The minimum absolute atomic E-state index is 0.0700. The van der Waals surface area contributed by atoms with Crippen LogP contribution in [0.25, 0.3) is 0 Å². The molecular weight excluding hydrogens is 364 g/mol. The maximum absolute atomic E-state index is 12.7. The van der Waals surface area contributed by atoms with Crippen LogP contribution < -0.4 is 15.8 Å². The Morgan fingerprint density at radius 2 is 2.11 bits per heavy atom. The van der Waals surface area contributed by atoms with E-state index in [9.17, 15) is 9.59 Å². The Kier molecular flexibility index (Phi) is 6.50. The zero-order chi connectivity index (χ0) is 19.2. The first-order chi connectivity index (χ1) is 13.1. The van der Waals surface area contributed by atoms with Gasteiger partial charge in [-0.2, -0.15) is 5.10 Å². The second-order valence-electron chi connectivity index (χ2n) is 6.89. The summed E-state index contributed by atoms with van der Waals surface area (Å²) in [7, 11) is 0. The summed E-state index contributed by atoms with van der Waals surface area (Å²) >= 11 is 6.40. The van der Waals surface area contributed by atoms with Crippen molar-refractivity contribution in [3.8, 4) is 0 Å². The van der Waals surface area contributed by atoms with E-state index in [1.165, 1.54) is 4.68 Å². The molecule has 1 N–H and O–H groups in total. The number of hydrogen-bond donors (Lipinski definition) is 1. The molecule has 1 aromatic carbocycles. The molecule has 7 heteroatoms. The average molecular weight is 389 g/mol. The van der Waals surface area contributed by atoms with E-state index in [0.29, 0.717) is 25.2 Å². The van der Waals surface area contributed by atoms with Gasteiger partial charge in [0, 0.05) is 25.6 Å². The second kappa shape index (κ2) is 9.04. The number of nitrogens with zero attached hydrogens (tertiary/aromatic N) is 3. The molecule has 0 bridgehead atoms. The number of piperidine rings is 1. The van der Waals surface area contributed by atoms with Crippen molar-refractivity contribution in [2.45, 2.75) is 45.2 Å². The van der Waals surface area contributed by atoms with Gasteiger partial charge in [-0.1, -0.05) is 48.9 Å². The Balaban J connectivity index is 1.74. The molecule has 1 unspecified atom stereocenters. The molecule has 0 spiro atoms. The quantitative estimate of drug-likeness (QED) is 0.826. The minimum atomic E-state index is -0.296. The van der Waals surface area contributed by atoms with Gasteiger partial charge < -0.3 is 10.2 Å². The van der Waals surface area contributed by atoms with E-state index >= 15 is 0 Å². The number of anilines is 1. The van der Waals surface area contributed by atoms with Crippen LogP contribution in [0.5, 0.6) is 0 Å². The summed E-state index contributed by atoms with van der Waals surface area (Å²) in [4.78, 5) is 26.6. The molecular formula is C20H25ClN4O2. The van der Waals surface area contributed by atoms with Crippen molar-refractivity contribution in [3.05, 3.63) is 57.5 Å². The largest absolute Gasteiger partial charge is 0.367 e. The predicted octanol–water partition coefficient (Wildman–Crippen LogP) is 2.83. The van der Waals surface area contributed by atoms with Crippen LogP contribution in [0, 0.1) is 0 Å². The van der Waals surface area contributed by atoms with E-state index in [4.69, 9.17) is 11.6 Å². The van der Waals surface area contributed by atoms with Crippen LogP contribution in [0.3, 0.4) is 0 Å². The summed E-state index contributed by atoms with van der Waals surface area (Å²) in [6, 6.07) is 9.75. The van der Waals surface area contributed by atoms with Gasteiger partial charge in [-0.3, -0.25) is 9.59 Å². The predicted molar refractivity (Wildman–Crippen MR) is 107 cm³/mol. The van der Waals surface area contributed by atoms with Gasteiger partial charge in [0.2, 0.25) is 5.91 Å². The minimum Gasteiger partial charge on any atom is -0.367 e. The number of aromatic nitrogens is 2. The summed E-state index contributed by atoms with van der Waals surface area (Å²) < 4.78 is 1.38. The van der Waals surface area contributed by atoms with E-state index in [1.54, 1.807) is 6.20 Å². The molecule has 1 atom stereocenters. The summed E-state index contributed by atoms with van der Waals surface area (Å²) in [5.41, 5.74) is 1.34. The lowest BCUT2D eigenvalue weighted by Crippen LogP contribution is -2.48. The Morgan fingerprint density at radius 1 is 1.33 bits per heavy atom. The van der Waals surface area contributed by atoms with Crippen molar-refractivity contribution in [2.24, 2.45) is 0 Å². The first-order valence-corrected chi connectivity index (χ1v) is 9.80. The molecule has 0 aliphatic carbocycles. The maximum Gasteiger partial charge on any atom is 0.287 e. The SMILES string of the molecule is CCCC(=O)NC1CCCN(c2cnn(Cc3ccccc3)c(=O)c2Cl)C1. The van der Waals surface area contributed by atoms with Crippen LogP contribution in [0.1, 0.15) is 38.2 Å². The number of halogens is 1. The molecule has 2 aromatic rings. The zero-order valence-corrected chi connectivity index (χ0v) is 16.3. The number of carbonyl (C=O) groups excluding carboxylic acids is 1. The Morgan fingerprint density at radius 3 is 2.85 bits per heavy atom. The number of hydrogen-bond acceptors (Lipinski definition) is 4. The third-order valence-electron chi connectivity index (χ3n) is 4.75. The molecule has 0 saturated carbocycles. The molecule has 1 amide bonds. The highest BCUT2D eigenvalue weighted by Crippen LogP contribution is 2.24. The first-order valence-electron chi connectivity index (χ1n) is 9.42. The van der Waals surface area contributed by atoms with E-state index in [1.807, 2.05) is 42.2 Å². The van der Waals surface area contributed by atoms with Crippen LogP contribution in [0.2, 0.25) is 5.02 Å². The molecule has 1 aromatic heterocycles. The van der Waals surface area contributed by atoms with Gasteiger partial charge in [-0.25, -0.2) is 4.68 Å². The van der Waals surface area contributed by atoms with Gasteiger partial charge in [-0.05, 0) is 24.8 Å². The highest BCUT2D eigenvalue weighted by Gasteiger charge is 2.24.